The molecule has 4 atom stereocenters. The second-order valence-corrected chi connectivity index (χ2v) is 8.71. The van der Waals surface area contributed by atoms with Crippen LogP contribution in [0.3, 0.4) is 0 Å². The lowest BCUT2D eigenvalue weighted by molar-refractivity contribution is -0.143. The minimum Gasteiger partial charge on any atom is -0.481 e. The fraction of sp³-hybridized carbons (Fsp3) is 0.700. The zero-order valence-corrected chi connectivity index (χ0v) is 20.3. The topological polar surface area (TPSA) is 251 Å². The highest BCUT2D eigenvalue weighted by atomic mass is 32.2. The lowest BCUT2D eigenvalue weighted by atomic mass is 10.1. The first-order chi connectivity index (χ1) is 16.4. The monoisotopic (exact) mass is 521 g/mol. The van der Waals surface area contributed by atoms with Crippen molar-refractivity contribution in [3.05, 3.63) is 0 Å². The van der Waals surface area contributed by atoms with Crippen molar-refractivity contribution in [2.75, 3.05) is 18.6 Å². The molecule has 0 aliphatic rings. The number of amides is 3. The van der Waals surface area contributed by atoms with Crippen molar-refractivity contribution in [1.29, 1.82) is 0 Å². The average molecular weight is 522 g/mol. The molecule has 200 valence electrons. The van der Waals surface area contributed by atoms with Crippen molar-refractivity contribution in [2.45, 2.75) is 69.1 Å². The molecule has 14 nitrogen and oxygen atoms in total. The van der Waals surface area contributed by atoms with Crippen molar-refractivity contribution >= 4 is 47.4 Å². The normalized spacial score (nSPS) is 14.1. The van der Waals surface area contributed by atoms with Crippen molar-refractivity contribution < 1.29 is 44.1 Å². The SMILES string of the molecule is CSCCC(NC(=O)C(CCCCN)NC(=O)C(N)CC(=O)O)C(=O)NC(CCC(=O)O)C(=O)O. The summed E-state index contributed by atoms with van der Waals surface area (Å²) in [6.07, 6.45) is 1.55. The molecular formula is C20H35N5O9S. The van der Waals surface area contributed by atoms with Crippen LogP contribution in [0.1, 0.15) is 44.9 Å². The first-order valence-electron chi connectivity index (χ1n) is 10.9. The molecule has 0 bridgehead atoms. The third-order valence-corrected chi connectivity index (χ3v) is 5.46. The molecule has 3 amide bonds. The molecule has 4 unspecified atom stereocenters. The lowest BCUT2D eigenvalue weighted by Crippen LogP contribution is -2.57. The fourth-order valence-electron chi connectivity index (χ4n) is 2.90. The van der Waals surface area contributed by atoms with Gasteiger partial charge in [0.05, 0.1) is 12.5 Å². The Hall–Kier alpha value is -2.91. The highest BCUT2D eigenvalue weighted by Gasteiger charge is 2.30. The van der Waals surface area contributed by atoms with Gasteiger partial charge in [-0.05, 0) is 50.7 Å². The second-order valence-electron chi connectivity index (χ2n) is 7.72. The molecular weight excluding hydrogens is 486 g/mol. The summed E-state index contributed by atoms with van der Waals surface area (Å²) in [7, 11) is 0. The van der Waals surface area contributed by atoms with Gasteiger partial charge in [-0.2, -0.15) is 11.8 Å². The van der Waals surface area contributed by atoms with Crippen LogP contribution in [0.5, 0.6) is 0 Å². The minimum absolute atomic E-state index is 0.131. The molecule has 0 fully saturated rings. The average Bonchev–Trinajstić information content (AvgIpc) is 2.77. The van der Waals surface area contributed by atoms with Gasteiger partial charge in [0.2, 0.25) is 17.7 Å². The van der Waals surface area contributed by atoms with Gasteiger partial charge in [-0.25, -0.2) is 4.79 Å². The van der Waals surface area contributed by atoms with Gasteiger partial charge >= 0.3 is 17.9 Å². The van der Waals surface area contributed by atoms with Gasteiger partial charge in [-0.1, -0.05) is 0 Å². The molecule has 0 aromatic heterocycles. The van der Waals surface area contributed by atoms with Gasteiger partial charge in [-0.3, -0.25) is 24.0 Å². The molecule has 0 saturated carbocycles. The Morgan fingerprint density at radius 1 is 0.771 bits per heavy atom. The van der Waals surface area contributed by atoms with E-state index in [-0.39, 0.29) is 19.3 Å². The van der Waals surface area contributed by atoms with Crippen LogP contribution in [0.15, 0.2) is 0 Å². The predicted molar refractivity (Wildman–Crippen MR) is 126 cm³/mol. The second kappa shape index (κ2) is 17.5. The van der Waals surface area contributed by atoms with E-state index >= 15 is 0 Å². The van der Waals surface area contributed by atoms with Crippen LogP contribution in [0, 0.1) is 0 Å². The Morgan fingerprint density at radius 2 is 1.31 bits per heavy atom. The van der Waals surface area contributed by atoms with Crippen molar-refractivity contribution in [3.8, 4) is 0 Å². The van der Waals surface area contributed by atoms with Gasteiger partial charge in [-0.15, -0.1) is 0 Å². The molecule has 0 aliphatic heterocycles. The van der Waals surface area contributed by atoms with E-state index in [2.05, 4.69) is 16.0 Å². The Balaban J connectivity index is 5.48. The summed E-state index contributed by atoms with van der Waals surface area (Å²) in [6.45, 7) is 0.340. The number of rotatable bonds is 19. The van der Waals surface area contributed by atoms with Crippen LogP contribution in [0.4, 0.5) is 0 Å². The smallest absolute Gasteiger partial charge is 0.326 e. The standard InChI is InChI=1S/C20H35N5O9S/c1-35-9-7-13(19(32)25-14(20(33)34)5-6-15(26)27)24-18(31)12(4-2-3-8-21)23-17(30)11(22)10-16(28)29/h11-14H,2-10,21-22H2,1H3,(H,23,30)(H,24,31)(H,25,32)(H,26,27)(H,28,29)(H,33,34). The number of nitrogens with two attached hydrogens (primary N) is 2. The van der Waals surface area contributed by atoms with Gasteiger partial charge in [0.15, 0.2) is 0 Å². The number of aliphatic carboxylic acids is 3. The fourth-order valence-corrected chi connectivity index (χ4v) is 3.37. The van der Waals surface area contributed by atoms with Crippen LogP contribution in [0.2, 0.25) is 0 Å². The number of carbonyl (C=O) groups excluding carboxylic acids is 3. The van der Waals surface area contributed by atoms with E-state index in [1.807, 2.05) is 0 Å². The van der Waals surface area contributed by atoms with Crippen molar-refractivity contribution in [1.82, 2.24) is 16.0 Å². The molecule has 0 heterocycles. The van der Waals surface area contributed by atoms with E-state index in [4.69, 9.17) is 21.7 Å². The summed E-state index contributed by atoms with van der Waals surface area (Å²) >= 11 is 1.38. The quantitative estimate of drug-likeness (QED) is 0.0865. The summed E-state index contributed by atoms with van der Waals surface area (Å²) in [5.41, 5.74) is 11.0. The predicted octanol–water partition coefficient (Wildman–Crippen LogP) is -1.93. The highest BCUT2D eigenvalue weighted by Crippen LogP contribution is 2.07. The van der Waals surface area contributed by atoms with Crippen LogP contribution in [0.25, 0.3) is 0 Å². The highest BCUT2D eigenvalue weighted by molar-refractivity contribution is 7.98. The number of hydrogen-bond donors (Lipinski definition) is 8. The van der Waals surface area contributed by atoms with E-state index in [1.54, 1.807) is 6.26 Å². The molecule has 0 radical (unpaired) electrons. The largest absolute Gasteiger partial charge is 0.481 e. The zero-order chi connectivity index (χ0) is 27.0. The van der Waals surface area contributed by atoms with Crippen molar-refractivity contribution in [2.24, 2.45) is 11.5 Å². The van der Waals surface area contributed by atoms with Gasteiger partial charge in [0.25, 0.3) is 0 Å². The Labute approximate surface area is 206 Å². The first kappa shape index (κ1) is 32.1. The molecule has 0 saturated heterocycles. The van der Waals surface area contributed by atoms with E-state index < -0.39 is 72.6 Å². The maximum Gasteiger partial charge on any atom is 0.326 e. The van der Waals surface area contributed by atoms with Gasteiger partial charge < -0.3 is 42.7 Å². The van der Waals surface area contributed by atoms with E-state index in [0.29, 0.717) is 25.1 Å². The minimum atomic E-state index is -1.47. The molecule has 0 rings (SSSR count). The number of carboxylic acids is 3. The molecule has 0 aliphatic carbocycles. The number of nitrogens with one attached hydrogen (secondary N) is 3. The molecule has 35 heavy (non-hydrogen) atoms. The summed E-state index contributed by atoms with van der Waals surface area (Å²) in [6, 6.07) is -5.16. The van der Waals surface area contributed by atoms with Crippen LogP contribution in [-0.2, 0) is 28.8 Å². The lowest BCUT2D eigenvalue weighted by Gasteiger charge is -2.25. The van der Waals surface area contributed by atoms with E-state index in [0.717, 1.165) is 0 Å². The van der Waals surface area contributed by atoms with Crippen LogP contribution in [-0.4, -0.2) is 93.7 Å². The number of carbonyl (C=O) groups is 6. The van der Waals surface area contributed by atoms with Gasteiger partial charge in [0, 0.05) is 6.42 Å². The Morgan fingerprint density at radius 3 is 1.80 bits per heavy atom. The Bertz CT molecular complexity index is 752. The molecule has 15 heteroatoms. The summed E-state index contributed by atoms with van der Waals surface area (Å²) in [5, 5.41) is 34.0. The molecule has 0 spiro atoms. The Kier molecular flexibility index (Phi) is 16.1. The third-order valence-electron chi connectivity index (χ3n) is 4.82. The third kappa shape index (κ3) is 14.2. The zero-order valence-electron chi connectivity index (χ0n) is 19.5. The number of hydrogen-bond acceptors (Lipinski definition) is 9. The maximum absolute atomic E-state index is 12.9. The summed E-state index contributed by atoms with van der Waals surface area (Å²) in [4.78, 5) is 70.9. The van der Waals surface area contributed by atoms with E-state index in [1.165, 1.54) is 11.8 Å². The van der Waals surface area contributed by atoms with E-state index in [9.17, 15) is 33.9 Å². The summed E-state index contributed by atoms with van der Waals surface area (Å²) < 4.78 is 0. The van der Waals surface area contributed by atoms with Crippen molar-refractivity contribution in [3.63, 3.8) is 0 Å². The number of carboxylic acid groups (broad SMARTS) is 3. The summed E-state index contributed by atoms with van der Waals surface area (Å²) in [5.74, 6) is -5.93. The molecule has 0 aromatic rings. The van der Waals surface area contributed by atoms with Crippen LogP contribution < -0.4 is 27.4 Å². The van der Waals surface area contributed by atoms with Crippen LogP contribution >= 0.6 is 11.8 Å². The number of unbranched alkanes of at least 4 members (excludes halogenated alkanes) is 1. The number of thioether (sulfide) groups is 1. The molecule has 0 aromatic carbocycles. The first-order valence-corrected chi connectivity index (χ1v) is 12.3. The molecule has 10 N–H and O–H groups in total. The maximum atomic E-state index is 12.9. The van der Waals surface area contributed by atoms with Gasteiger partial charge in [0.1, 0.15) is 18.1 Å².